The van der Waals surface area contributed by atoms with Gasteiger partial charge in [-0.05, 0) is 81.4 Å². The SMILES string of the molecule is C#CCOc1ccc(C=Nc2ccc([C@@H]3Nc4ccccc4[C@H]4C=CC[C@H]43)cc2)cc1Br. The molecule has 1 N–H and O–H groups in total. The fourth-order valence-corrected chi connectivity index (χ4v) is 5.14. The highest BCUT2D eigenvalue weighted by Crippen LogP contribution is 2.49. The van der Waals surface area contributed by atoms with Gasteiger partial charge in [-0.3, -0.25) is 4.99 Å². The molecule has 3 atom stereocenters. The Morgan fingerprint density at radius 3 is 2.78 bits per heavy atom. The van der Waals surface area contributed by atoms with Gasteiger partial charge in [-0.25, -0.2) is 0 Å². The van der Waals surface area contributed by atoms with Gasteiger partial charge in [-0.15, -0.1) is 6.42 Å². The fourth-order valence-electron chi connectivity index (χ4n) is 4.62. The maximum Gasteiger partial charge on any atom is 0.148 e. The zero-order valence-electron chi connectivity index (χ0n) is 17.5. The van der Waals surface area contributed by atoms with Crippen LogP contribution in [-0.4, -0.2) is 12.8 Å². The van der Waals surface area contributed by atoms with E-state index in [0.717, 1.165) is 27.9 Å². The first-order valence-electron chi connectivity index (χ1n) is 10.7. The average Bonchev–Trinajstić information content (AvgIpc) is 3.32. The number of fused-ring (bicyclic) bond motifs is 3. The van der Waals surface area contributed by atoms with Crippen molar-refractivity contribution >= 4 is 33.5 Å². The Balaban J connectivity index is 1.32. The monoisotopic (exact) mass is 482 g/mol. The van der Waals surface area contributed by atoms with Crippen LogP contribution in [0.15, 0.2) is 88.3 Å². The number of hydrogen-bond acceptors (Lipinski definition) is 3. The van der Waals surface area contributed by atoms with Crippen molar-refractivity contribution in [2.24, 2.45) is 10.9 Å². The molecule has 0 spiro atoms. The van der Waals surface area contributed by atoms with Crippen molar-refractivity contribution in [1.29, 1.82) is 0 Å². The number of aliphatic imine (C=N–C) groups is 1. The molecule has 3 aromatic carbocycles. The van der Waals surface area contributed by atoms with Gasteiger partial charge in [0.05, 0.1) is 16.2 Å². The minimum atomic E-state index is 0.248. The van der Waals surface area contributed by atoms with Crippen LogP contribution in [0, 0.1) is 18.3 Å². The molecule has 4 heteroatoms. The lowest BCUT2D eigenvalue weighted by Gasteiger charge is -2.37. The number of allylic oxidation sites excluding steroid dienone is 2. The second-order valence-electron chi connectivity index (χ2n) is 8.10. The van der Waals surface area contributed by atoms with E-state index in [-0.39, 0.29) is 6.61 Å². The molecule has 1 aliphatic carbocycles. The molecule has 0 amide bonds. The van der Waals surface area contributed by atoms with Crippen LogP contribution in [-0.2, 0) is 0 Å². The summed E-state index contributed by atoms with van der Waals surface area (Å²) >= 11 is 3.52. The third-order valence-corrected chi connectivity index (χ3v) is 6.77. The van der Waals surface area contributed by atoms with Crippen LogP contribution in [0.5, 0.6) is 5.75 Å². The van der Waals surface area contributed by atoms with Gasteiger partial charge in [0.2, 0.25) is 0 Å². The molecule has 5 rings (SSSR count). The number of para-hydroxylation sites is 1. The Morgan fingerprint density at radius 1 is 1.12 bits per heavy atom. The minimum absolute atomic E-state index is 0.248. The van der Waals surface area contributed by atoms with Crippen LogP contribution in [0.25, 0.3) is 0 Å². The first kappa shape index (κ1) is 20.6. The van der Waals surface area contributed by atoms with E-state index in [1.807, 2.05) is 24.4 Å². The summed E-state index contributed by atoms with van der Waals surface area (Å²) in [7, 11) is 0. The van der Waals surface area contributed by atoms with Gasteiger partial charge in [-0.2, -0.15) is 0 Å². The number of benzene rings is 3. The molecule has 1 heterocycles. The van der Waals surface area contributed by atoms with Crippen LogP contribution in [0.1, 0.15) is 35.1 Å². The molecule has 0 saturated heterocycles. The summed E-state index contributed by atoms with van der Waals surface area (Å²) in [4.78, 5) is 4.65. The van der Waals surface area contributed by atoms with Crippen LogP contribution in [0.2, 0.25) is 0 Å². The maximum absolute atomic E-state index is 5.49. The van der Waals surface area contributed by atoms with Crippen LogP contribution in [0.4, 0.5) is 11.4 Å². The second kappa shape index (κ2) is 9.06. The molecule has 1 aliphatic heterocycles. The van der Waals surface area contributed by atoms with Crippen molar-refractivity contribution in [1.82, 2.24) is 0 Å². The van der Waals surface area contributed by atoms with Gasteiger partial charge in [-0.1, -0.05) is 48.4 Å². The molecule has 3 aromatic rings. The summed E-state index contributed by atoms with van der Waals surface area (Å²) in [6, 6.07) is 23.4. The summed E-state index contributed by atoms with van der Waals surface area (Å²) in [5.74, 6) is 4.24. The van der Waals surface area contributed by atoms with E-state index >= 15 is 0 Å². The predicted molar refractivity (Wildman–Crippen MR) is 135 cm³/mol. The Labute approximate surface area is 197 Å². The first-order chi connectivity index (χ1) is 15.7. The number of ether oxygens (including phenoxy) is 1. The molecule has 32 heavy (non-hydrogen) atoms. The summed E-state index contributed by atoms with van der Waals surface area (Å²) in [5.41, 5.74) is 5.86. The van der Waals surface area contributed by atoms with Crippen molar-refractivity contribution in [2.45, 2.75) is 18.4 Å². The largest absolute Gasteiger partial charge is 0.480 e. The standard InChI is InChI=1S/C28H23BrN2O/c1-2-16-32-27-15-10-19(17-25(27)29)18-30-21-13-11-20(12-14-21)28-24-8-5-7-22(24)23-6-3-4-9-26(23)31-28/h1,3-7,9-15,17-18,22,24,28,31H,8,16H2/t22-,24-,28+/m1/s1. The smallest absolute Gasteiger partial charge is 0.148 e. The lowest BCUT2D eigenvalue weighted by molar-refractivity contribution is 0.368. The molecule has 0 bridgehead atoms. The van der Waals surface area contributed by atoms with E-state index in [2.05, 4.69) is 92.8 Å². The number of anilines is 1. The molecule has 0 saturated carbocycles. The van der Waals surface area contributed by atoms with Crippen molar-refractivity contribution in [3.63, 3.8) is 0 Å². The fraction of sp³-hybridized carbons (Fsp3) is 0.179. The Hall–Kier alpha value is -3.29. The lowest BCUT2D eigenvalue weighted by atomic mass is 9.77. The summed E-state index contributed by atoms with van der Waals surface area (Å²) in [6.07, 6.45) is 12.9. The third kappa shape index (κ3) is 4.09. The highest BCUT2D eigenvalue weighted by molar-refractivity contribution is 9.10. The minimum Gasteiger partial charge on any atom is -0.480 e. The molecular formula is C28H23BrN2O. The topological polar surface area (TPSA) is 33.6 Å². The van der Waals surface area contributed by atoms with Crippen molar-refractivity contribution in [3.8, 4) is 18.1 Å². The number of hydrogen-bond donors (Lipinski definition) is 1. The van der Waals surface area contributed by atoms with Gasteiger partial charge in [0.15, 0.2) is 0 Å². The van der Waals surface area contributed by atoms with Crippen LogP contribution in [0.3, 0.4) is 0 Å². The lowest BCUT2D eigenvalue weighted by Crippen LogP contribution is -2.28. The third-order valence-electron chi connectivity index (χ3n) is 6.15. The van der Waals surface area contributed by atoms with Gasteiger partial charge in [0, 0.05) is 17.8 Å². The average molecular weight is 483 g/mol. The molecular weight excluding hydrogens is 460 g/mol. The van der Waals surface area contributed by atoms with Crippen molar-refractivity contribution in [2.75, 3.05) is 11.9 Å². The second-order valence-corrected chi connectivity index (χ2v) is 8.95. The van der Waals surface area contributed by atoms with Crippen molar-refractivity contribution < 1.29 is 4.74 Å². The normalized spacial score (nSPS) is 20.9. The molecule has 0 fully saturated rings. The van der Waals surface area contributed by atoms with Gasteiger partial charge in [0.25, 0.3) is 0 Å². The van der Waals surface area contributed by atoms with E-state index in [1.54, 1.807) is 0 Å². The van der Waals surface area contributed by atoms with E-state index in [9.17, 15) is 0 Å². The Kier molecular flexibility index (Phi) is 5.83. The van der Waals surface area contributed by atoms with Gasteiger partial charge >= 0.3 is 0 Å². The maximum atomic E-state index is 5.49. The van der Waals surface area contributed by atoms with E-state index in [0.29, 0.717) is 17.9 Å². The van der Waals surface area contributed by atoms with E-state index in [4.69, 9.17) is 11.2 Å². The zero-order valence-corrected chi connectivity index (χ0v) is 19.1. The number of nitrogens with one attached hydrogen (secondary N) is 1. The first-order valence-corrected chi connectivity index (χ1v) is 11.5. The Bertz CT molecular complexity index is 1220. The molecule has 158 valence electrons. The summed E-state index contributed by atoms with van der Waals surface area (Å²) < 4.78 is 6.35. The number of terminal acetylenes is 1. The number of nitrogens with zero attached hydrogens (tertiary/aromatic N) is 1. The van der Waals surface area contributed by atoms with E-state index in [1.165, 1.54) is 16.8 Å². The molecule has 2 aliphatic rings. The number of halogens is 1. The molecule has 0 aromatic heterocycles. The van der Waals surface area contributed by atoms with Crippen molar-refractivity contribution in [3.05, 3.63) is 100 Å². The summed E-state index contributed by atoms with van der Waals surface area (Å²) in [6.45, 7) is 0.248. The quantitative estimate of drug-likeness (QED) is 0.240. The number of rotatable bonds is 5. The highest BCUT2D eigenvalue weighted by atomic mass is 79.9. The van der Waals surface area contributed by atoms with E-state index < -0.39 is 0 Å². The van der Waals surface area contributed by atoms with Crippen LogP contribution >= 0.6 is 15.9 Å². The molecule has 3 nitrogen and oxygen atoms in total. The van der Waals surface area contributed by atoms with Crippen LogP contribution < -0.4 is 10.1 Å². The van der Waals surface area contributed by atoms with Gasteiger partial charge in [0.1, 0.15) is 12.4 Å². The summed E-state index contributed by atoms with van der Waals surface area (Å²) in [5, 5.41) is 3.78. The highest BCUT2D eigenvalue weighted by Gasteiger charge is 2.37. The molecule has 0 radical (unpaired) electrons. The van der Waals surface area contributed by atoms with Gasteiger partial charge < -0.3 is 10.1 Å². The Morgan fingerprint density at radius 2 is 1.97 bits per heavy atom. The zero-order chi connectivity index (χ0) is 21.9. The predicted octanol–water partition coefficient (Wildman–Crippen LogP) is 7.04. The molecule has 0 unspecified atom stereocenters.